The van der Waals surface area contributed by atoms with Crippen LogP contribution in [0, 0.1) is 18.6 Å². The van der Waals surface area contributed by atoms with Gasteiger partial charge in [0.05, 0.1) is 10.6 Å². The number of anilines is 1. The Balaban J connectivity index is 1.59. The second kappa shape index (κ2) is 10.8. The molecule has 2 heterocycles. The molecule has 8 nitrogen and oxygen atoms in total. The fourth-order valence-electron chi connectivity index (χ4n) is 4.88. The van der Waals surface area contributed by atoms with Crippen molar-refractivity contribution in [2.24, 2.45) is 0 Å². The van der Waals surface area contributed by atoms with Gasteiger partial charge in [-0.1, -0.05) is 18.2 Å². The van der Waals surface area contributed by atoms with Gasteiger partial charge in [-0.15, -0.1) is 0 Å². The summed E-state index contributed by atoms with van der Waals surface area (Å²) in [6, 6.07) is 17.5. The molecule has 1 aliphatic rings. The van der Waals surface area contributed by atoms with Crippen LogP contribution in [-0.2, 0) is 20.0 Å². The van der Waals surface area contributed by atoms with E-state index in [9.17, 15) is 25.6 Å². The van der Waals surface area contributed by atoms with Gasteiger partial charge in [0.15, 0.2) is 17.2 Å². The van der Waals surface area contributed by atoms with Crippen LogP contribution in [0.4, 0.5) is 14.5 Å². The summed E-state index contributed by atoms with van der Waals surface area (Å²) < 4.78 is 90.3. The Morgan fingerprint density at radius 2 is 1.67 bits per heavy atom. The van der Waals surface area contributed by atoms with Crippen molar-refractivity contribution in [3.63, 3.8) is 0 Å². The number of halogens is 2. The Hall–Kier alpha value is -4.29. The minimum Gasteiger partial charge on any atom is -0.454 e. The molecule has 1 N–H and O–H groups in total. The molecule has 0 saturated heterocycles. The van der Waals surface area contributed by atoms with Crippen molar-refractivity contribution in [1.29, 1.82) is 0 Å². The number of nitrogens with zero attached hydrogens (tertiary/aromatic N) is 2. The third-order valence-electron chi connectivity index (χ3n) is 7.31. The molecule has 12 heteroatoms. The normalized spacial score (nSPS) is 13.8. The number of aromatic nitrogens is 2. The molecule has 43 heavy (non-hydrogen) atoms. The fraction of sp³-hybridized carbons (Fsp3) is 0.194. The van der Waals surface area contributed by atoms with Gasteiger partial charge in [0.2, 0.25) is 10.0 Å². The van der Waals surface area contributed by atoms with Gasteiger partial charge in [-0.2, -0.15) is 0 Å². The minimum absolute atomic E-state index is 0.119. The molecule has 0 amide bonds. The average molecular weight is 624 g/mol. The third kappa shape index (κ3) is 5.59. The first-order valence-electron chi connectivity index (χ1n) is 13.6. The van der Waals surface area contributed by atoms with Crippen LogP contribution >= 0.6 is 0 Å². The number of pyridine rings is 1. The van der Waals surface area contributed by atoms with E-state index in [1.165, 1.54) is 31.3 Å². The maximum absolute atomic E-state index is 14.6. The van der Waals surface area contributed by atoms with Gasteiger partial charge in [0.25, 0.3) is 10.0 Å². The number of nitrogens with one attached hydrogen (secondary N) is 1. The molecule has 2 aromatic heterocycles. The summed E-state index contributed by atoms with van der Waals surface area (Å²) in [6.07, 6.45) is 3.19. The summed E-state index contributed by atoms with van der Waals surface area (Å²) in [5.41, 5.74) is 2.55. The molecule has 6 rings (SSSR count). The summed E-state index contributed by atoms with van der Waals surface area (Å²) in [4.78, 5) is 4.91. The molecular formula is C31H27F2N3O5S2. The van der Waals surface area contributed by atoms with Crippen molar-refractivity contribution in [2.75, 3.05) is 10.5 Å². The molecule has 0 bridgehead atoms. The number of sulfonamides is 1. The quantitative estimate of drug-likeness (QED) is 0.190. The number of hydrogen-bond acceptors (Lipinski definition) is 6. The lowest BCUT2D eigenvalue weighted by Gasteiger charge is -2.17. The maximum Gasteiger partial charge on any atom is 0.269 e. The predicted octanol–water partition coefficient (Wildman–Crippen LogP) is 6.96. The van der Waals surface area contributed by atoms with Crippen LogP contribution in [0.2, 0.25) is 0 Å². The van der Waals surface area contributed by atoms with Crippen molar-refractivity contribution in [3.05, 3.63) is 102 Å². The van der Waals surface area contributed by atoms with Gasteiger partial charge in [-0.25, -0.2) is 34.6 Å². The minimum atomic E-state index is -4.03. The monoisotopic (exact) mass is 623 g/mol. The van der Waals surface area contributed by atoms with Crippen LogP contribution in [0.15, 0.2) is 83.9 Å². The second-order valence-corrected chi connectivity index (χ2v) is 14.2. The highest BCUT2D eigenvalue weighted by Crippen LogP contribution is 2.45. The van der Waals surface area contributed by atoms with Crippen LogP contribution in [0.5, 0.6) is 11.5 Å². The zero-order valence-electron chi connectivity index (χ0n) is 23.2. The molecule has 1 saturated carbocycles. The number of fused-ring (bicyclic) bond motifs is 1. The second-order valence-electron chi connectivity index (χ2n) is 10.4. The van der Waals surface area contributed by atoms with E-state index in [-0.39, 0.29) is 39.4 Å². The lowest BCUT2D eigenvalue weighted by Crippen LogP contribution is -2.14. The molecule has 0 aliphatic heterocycles. The maximum atomic E-state index is 14.6. The van der Waals surface area contributed by atoms with Crippen LogP contribution in [-0.4, -0.2) is 31.5 Å². The largest absolute Gasteiger partial charge is 0.454 e. The lowest BCUT2D eigenvalue weighted by atomic mass is 10.00. The topological polar surface area (TPSA) is 107 Å². The van der Waals surface area contributed by atoms with Crippen LogP contribution < -0.4 is 9.46 Å². The molecule has 222 valence electrons. The molecule has 1 fully saturated rings. The van der Waals surface area contributed by atoms with E-state index in [4.69, 9.17) is 9.72 Å². The zero-order chi connectivity index (χ0) is 30.5. The van der Waals surface area contributed by atoms with Crippen molar-refractivity contribution in [3.8, 4) is 22.6 Å². The first kappa shape index (κ1) is 28.8. The first-order chi connectivity index (χ1) is 20.5. The predicted molar refractivity (Wildman–Crippen MR) is 160 cm³/mol. The van der Waals surface area contributed by atoms with Crippen molar-refractivity contribution in [2.45, 2.75) is 37.5 Å². The molecular weight excluding hydrogens is 596 g/mol. The zero-order valence-corrected chi connectivity index (χ0v) is 24.8. The fourth-order valence-corrected chi connectivity index (χ4v) is 7.04. The average Bonchev–Trinajstić information content (AvgIpc) is 3.73. The number of ether oxygens (including phenoxy) is 1. The Labute approximate surface area is 248 Å². The highest BCUT2D eigenvalue weighted by molar-refractivity contribution is 7.92. The number of benzene rings is 3. The van der Waals surface area contributed by atoms with E-state index in [0.717, 1.165) is 28.9 Å². The van der Waals surface area contributed by atoms with E-state index in [1.54, 1.807) is 37.3 Å². The number of rotatable bonds is 9. The van der Waals surface area contributed by atoms with Gasteiger partial charge >= 0.3 is 0 Å². The van der Waals surface area contributed by atoms with E-state index < -0.39 is 31.7 Å². The van der Waals surface area contributed by atoms with Gasteiger partial charge in [-0.05, 0) is 86.3 Å². The van der Waals surface area contributed by atoms with Gasteiger partial charge in [-0.3, -0.25) is 4.72 Å². The molecule has 3 aromatic carbocycles. The lowest BCUT2D eigenvalue weighted by molar-refractivity contribution is 0.439. The molecule has 0 radical (unpaired) electrons. The number of hydrogen-bond donors (Lipinski definition) is 1. The standard InChI is InChI=1S/C31H27F2N3O5S2/c1-3-42(37,38)35-22-11-13-28(41-29-12-10-21(32)16-26(29)33)25(17-22)24-18-27(20-8-9-20)34-31-23(24)14-15-36(31)43(39,40)30-7-5-4-6-19(30)2/h4-7,10-18,20,35H,3,8-9H2,1-2H3. The summed E-state index contributed by atoms with van der Waals surface area (Å²) >= 11 is 0. The first-order valence-corrected chi connectivity index (χ1v) is 16.7. The summed E-state index contributed by atoms with van der Waals surface area (Å²) in [6.45, 7) is 3.22. The molecule has 0 unspecified atom stereocenters. The van der Waals surface area contributed by atoms with Crippen molar-refractivity contribution >= 4 is 36.8 Å². The highest BCUT2D eigenvalue weighted by atomic mass is 32.2. The molecule has 5 aromatic rings. The summed E-state index contributed by atoms with van der Waals surface area (Å²) in [7, 11) is -7.68. The Morgan fingerprint density at radius 1 is 0.930 bits per heavy atom. The Kier molecular flexibility index (Phi) is 7.21. The molecule has 1 aliphatic carbocycles. The van der Waals surface area contributed by atoms with E-state index in [2.05, 4.69) is 4.72 Å². The van der Waals surface area contributed by atoms with Gasteiger partial charge < -0.3 is 4.74 Å². The highest BCUT2D eigenvalue weighted by Gasteiger charge is 2.30. The molecule has 0 atom stereocenters. The van der Waals surface area contributed by atoms with Crippen molar-refractivity contribution < 1.29 is 30.4 Å². The van der Waals surface area contributed by atoms with E-state index in [1.807, 2.05) is 6.07 Å². The van der Waals surface area contributed by atoms with E-state index >= 15 is 0 Å². The van der Waals surface area contributed by atoms with Crippen LogP contribution in [0.25, 0.3) is 22.2 Å². The van der Waals surface area contributed by atoms with Gasteiger partial charge in [0.1, 0.15) is 11.6 Å². The third-order valence-corrected chi connectivity index (χ3v) is 10.4. The summed E-state index contributed by atoms with van der Waals surface area (Å²) in [5, 5.41) is 0.460. The summed E-state index contributed by atoms with van der Waals surface area (Å²) in [5.74, 6) is -1.82. The Morgan fingerprint density at radius 3 is 2.37 bits per heavy atom. The van der Waals surface area contributed by atoms with Crippen LogP contribution in [0.3, 0.4) is 0 Å². The smallest absolute Gasteiger partial charge is 0.269 e. The van der Waals surface area contributed by atoms with Crippen molar-refractivity contribution in [1.82, 2.24) is 8.96 Å². The SMILES string of the molecule is CCS(=O)(=O)Nc1ccc(Oc2ccc(F)cc2F)c(-c2cc(C3CC3)nc3c2ccn3S(=O)(=O)c2ccccc2C)c1. The number of aryl methyl sites for hydroxylation is 1. The van der Waals surface area contributed by atoms with Gasteiger partial charge in [0, 0.05) is 40.5 Å². The van der Waals surface area contributed by atoms with E-state index in [0.29, 0.717) is 33.8 Å². The molecule has 0 spiro atoms. The van der Waals surface area contributed by atoms with Crippen LogP contribution in [0.1, 0.15) is 36.9 Å². The Bertz CT molecular complexity index is 2110.